The summed E-state index contributed by atoms with van der Waals surface area (Å²) in [6.45, 7) is 5.82. The lowest BCUT2D eigenvalue weighted by molar-refractivity contribution is 0.101. The summed E-state index contributed by atoms with van der Waals surface area (Å²) in [6, 6.07) is 15.8. The van der Waals surface area contributed by atoms with Crippen LogP contribution in [0.15, 0.2) is 54.8 Å². The van der Waals surface area contributed by atoms with E-state index in [1.165, 1.54) is 5.56 Å². The number of hydrogen-bond acceptors (Lipinski definition) is 2. The average Bonchev–Trinajstić information content (AvgIpc) is 2.55. The minimum absolute atomic E-state index is 0.0895. The molecule has 120 valence electrons. The highest BCUT2D eigenvalue weighted by Crippen LogP contribution is 2.23. The number of benzene rings is 2. The molecule has 2 aromatic rings. The fourth-order valence-corrected chi connectivity index (χ4v) is 2.39. The van der Waals surface area contributed by atoms with Gasteiger partial charge in [0.2, 0.25) is 0 Å². The van der Waals surface area contributed by atoms with Gasteiger partial charge in [-0.2, -0.15) is 0 Å². The maximum Gasteiger partial charge on any atom is 0.159 e. The molecule has 2 rings (SSSR count). The number of ether oxygens (including phenoxy) is 1. The van der Waals surface area contributed by atoms with E-state index >= 15 is 0 Å². The Morgan fingerprint density at radius 2 is 1.78 bits per heavy atom. The Labute approximate surface area is 138 Å². The van der Waals surface area contributed by atoms with Crippen LogP contribution in [0, 0.1) is 6.92 Å². The van der Waals surface area contributed by atoms with Gasteiger partial charge in [-0.05, 0) is 55.5 Å². The maximum atomic E-state index is 11.4. The molecule has 0 amide bonds. The second-order valence-electron chi connectivity index (χ2n) is 5.81. The topological polar surface area (TPSA) is 26.3 Å². The molecule has 0 radical (unpaired) electrons. The van der Waals surface area contributed by atoms with Gasteiger partial charge in [0.25, 0.3) is 0 Å². The van der Waals surface area contributed by atoms with Crippen LogP contribution < -0.4 is 4.74 Å². The number of allylic oxidation sites excluding steroid dienone is 1. The monoisotopic (exact) mass is 308 g/mol. The molecule has 0 atom stereocenters. The molecule has 23 heavy (non-hydrogen) atoms. The molecule has 0 bridgehead atoms. The Bertz CT molecular complexity index is 681. The van der Waals surface area contributed by atoms with Gasteiger partial charge in [-0.3, -0.25) is 4.79 Å². The molecule has 0 heterocycles. The van der Waals surface area contributed by atoms with Gasteiger partial charge >= 0.3 is 0 Å². The van der Waals surface area contributed by atoms with Gasteiger partial charge in [-0.15, -0.1) is 0 Å². The normalized spacial score (nSPS) is 11.3. The fourth-order valence-electron chi connectivity index (χ4n) is 2.39. The third kappa shape index (κ3) is 5.10. The van der Waals surface area contributed by atoms with Crippen LogP contribution in [-0.4, -0.2) is 5.78 Å². The molecule has 0 saturated carbocycles. The van der Waals surface area contributed by atoms with E-state index < -0.39 is 0 Å². The highest BCUT2D eigenvalue weighted by atomic mass is 16.5. The molecule has 0 fully saturated rings. The van der Waals surface area contributed by atoms with E-state index in [9.17, 15) is 4.79 Å². The summed E-state index contributed by atoms with van der Waals surface area (Å²) in [6.07, 6.45) is 5.04. The van der Waals surface area contributed by atoms with Gasteiger partial charge in [0, 0.05) is 5.56 Å². The number of ketones is 1. The smallest absolute Gasteiger partial charge is 0.159 e. The van der Waals surface area contributed by atoms with Crippen molar-refractivity contribution in [2.75, 3.05) is 0 Å². The van der Waals surface area contributed by atoms with Gasteiger partial charge in [0.1, 0.15) is 5.75 Å². The molecular formula is C21H24O2. The molecule has 0 aromatic heterocycles. The molecule has 0 aliphatic heterocycles. The summed E-state index contributed by atoms with van der Waals surface area (Å²) in [5.41, 5.74) is 4.18. The largest absolute Gasteiger partial charge is 0.465 e. The van der Waals surface area contributed by atoms with Gasteiger partial charge in [-0.25, -0.2) is 0 Å². The number of aryl methyl sites for hydroxylation is 1. The highest BCUT2D eigenvalue weighted by molar-refractivity contribution is 5.94. The summed E-state index contributed by atoms with van der Waals surface area (Å²) < 4.78 is 5.85. The van der Waals surface area contributed by atoms with Crippen molar-refractivity contribution in [3.63, 3.8) is 0 Å². The van der Waals surface area contributed by atoms with Gasteiger partial charge in [0.15, 0.2) is 5.78 Å². The predicted octanol–water partition coefficient (Wildman–Crippen LogP) is 5.81. The van der Waals surface area contributed by atoms with E-state index in [2.05, 4.69) is 19.9 Å². The summed E-state index contributed by atoms with van der Waals surface area (Å²) in [4.78, 5) is 11.4. The van der Waals surface area contributed by atoms with Crippen LogP contribution in [-0.2, 0) is 0 Å². The van der Waals surface area contributed by atoms with Crippen LogP contribution in [0.2, 0.25) is 0 Å². The minimum atomic E-state index is 0.0895. The number of Topliss-reactive ketones (excluding diaryl/α,β-unsaturated/α-hetero) is 1. The van der Waals surface area contributed by atoms with Gasteiger partial charge < -0.3 is 4.74 Å². The number of hydrogen-bond donors (Lipinski definition) is 0. The first kappa shape index (κ1) is 17.0. The van der Waals surface area contributed by atoms with Crippen LogP contribution in [0.4, 0.5) is 0 Å². The van der Waals surface area contributed by atoms with E-state index in [0.717, 1.165) is 41.7 Å². The van der Waals surface area contributed by atoms with E-state index in [0.29, 0.717) is 0 Å². The number of carbonyl (C=O) groups excluding carboxylic acids is 1. The van der Waals surface area contributed by atoms with Gasteiger partial charge in [0.05, 0.1) is 6.26 Å². The maximum absolute atomic E-state index is 11.4. The van der Waals surface area contributed by atoms with Crippen molar-refractivity contribution in [2.24, 2.45) is 0 Å². The van der Waals surface area contributed by atoms with E-state index in [1.54, 1.807) is 6.92 Å². The molecule has 0 aliphatic carbocycles. The van der Waals surface area contributed by atoms with Crippen molar-refractivity contribution in [1.82, 2.24) is 0 Å². The molecule has 2 heteroatoms. The Morgan fingerprint density at radius 3 is 2.39 bits per heavy atom. The Hall–Kier alpha value is -2.35. The SMILES string of the molecule is CCCC/C(=C\Oc1cccc(C)c1)c1ccc(C(C)=O)cc1. The van der Waals surface area contributed by atoms with Crippen LogP contribution in [0.25, 0.3) is 5.57 Å². The average molecular weight is 308 g/mol. The van der Waals surface area contributed by atoms with E-state index in [-0.39, 0.29) is 5.78 Å². The van der Waals surface area contributed by atoms with Crippen molar-refractivity contribution < 1.29 is 9.53 Å². The number of rotatable bonds is 7. The van der Waals surface area contributed by atoms with Gasteiger partial charge in [-0.1, -0.05) is 49.7 Å². The molecular weight excluding hydrogens is 284 g/mol. The van der Waals surface area contributed by atoms with Crippen molar-refractivity contribution in [1.29, 1.82) is 0 Å². The molecule has 0 spiro atoms. The first-order valence-corrected chi connectivity index (χ1v) is 8.14. The standard InChI is InChI=1S/C21H24O2/c1-4-5-8-20(15-23-21-9-6-7-16(2)14-21)19-12-10-18(11-13-19)17(3)22/h6-7,9-15H,4-5,8H2,1-3H3/b20-15+. The second-order valence-corrected chi connectivity index (χ2v) is 5.81. The first-order chi connectivity index (χ1) is 11.1. The zero-order chi connectivity index (χ0) is 16.7. The lowest BCUT2D eigenvalue weighted by atomic mass is 9.99. The summed E-state index contributed by atoms with van der Waals surface area (Å²) in [5, 5.41) is 0. The zero-order valence-electron chi connectivity index (χ0n) is 14.1. The van der Waals surface area contributed by atoms with Crippen molar-refractivity contribution in [3.05, 3.63) is 71.5 Å². The lowest BCUT2D eigenvalue weighted by Crippen LogP contribution is -1.94. The number of unbranched alkanes of at least 4 members (excludes halogenated alkanes) is 1. The molecule has 2 nitrogen and oxygen atoms in total. The minimum Gasteiger partial charge on any atom is -0.465 e. The fraction of sp³-hybridized carbons (Fsp3) is 0.286. The zero-order valence-corrected chi connectivity index (χ0v) is 14.1. The Balaban J connectivity index is 2.21. The highest BCUT2D eigenvalue weighted by Gasteiger charge is 2.05. The van der Waals surface area contributed by atoms with E-state index in [1.807, 2.05) is 48.7 Å². The predicted molar refractivity (Wildman–Crippen MR) is 95.8 cm³/mol. The Kier molecular flexibility index (Phi) is 6.16. The van der Waals surface area contributed by atoms with Crippen molar-refractivity contribution in [3.8, 4) is 5.75 Å². The van der Waals surface area contributed by atoms with Crippen LogP contribution in [0.1, 0.15) is 54.6 Å². The van der Waals surface area contributed by atoms with Crippen LogP contribution in [0.5, 0.6) is 5.75 Å². The molecule has 0 aliphatic rings. The molecule has 2 aromatic carbocycles. The second kappa shape index (κ2) is 8.33. The number of carbonyl (C=O) groups is 1. The quantitative estimate of drug-likeness (QED) is 0.476. The third-order valence-electron chi connectivity index (χ3n) is 3.79. The van der Waals surface area contributed by atoms with Crippen molar-refractivity contribution >= 4 is 11.4 Å². The summed E-state index contributed by atoms with van der Waals surface area (Å²) >= 11 is 0. The van der Waals surface area contributed by atoms with E-state index in [4.69, 9.17) is 4.74 Å². The molecule has 0 saturated heterocycles. The summed E-state index contributed by atoms with van der Waals surface area (Å²) in [5.74, 6) is 0.936. The molecule has 0 unspecified atom stereocenters. The first-order valence-electron chi connectivity index (χ1n) is 8.14. The summed E-state index contributed by atoms with van der Waals surface area (Å²) in [7, 11) is 0. The Morgan fingerprint density at radius 1 is 1.09 bits per heavy atom. The van der Waals surface area contributed by atoms with Crippen molar-refractivity contribution in [2.45, 2.75) is 40.0 Å². The van der Waals surface area contributed by atoms with Crippen LogP contribution >= 0.6 is 0 Å². The third-order valence-corrected chi connectivity index (χ3v) is 3.79. The van der Waals surface area contributed by atoms with Crippen LogP contribution in [0.3, 0.4) is 0 Å². The molecule has 0 N–H and O–H groups in total. The lowest BCUT2D eigenvalue weighted by Gasteiger charge is -2.09.